The van der Waals surface area contributed by atoms with Crippen LogP contribution in [-0.4, -0.2) is 15.5 Å². The fourth-order valence-electron chi connectivity index (χ4n) is 2.23. The Labute approximate surface area is 113 Å². The number of imidazole rings is 1. The van der Waals surface area contributed by atoms with Crippen LogP contribution in [0.5, 0.6) is 0 Å². The van der Waals surface area contributed by atoms with Crippen molar-refractivity contribution in [1.82, 2.24) is 15.0 Å². The highest BCUT2D eigenvalue weighted by molar-refractivity contribution is 5.87. The summed E-state index contributed by atoms with van der Waals surface area (Å²) >= 11 is 0. The van der Waals surface area contributed by atoms with E-state index < -0.39 is 0 Å². The van der Waals surface area contributed by atoms with Crippen molar-refractivity contribution in [2.45, 2.75) is 33.1 Å². The maximum absolute atomic E-state index is 4.60. The molecule has 0 unspecified atom stereocenters. The molecule has 0 fully saturated rings. The molecule has 0 amide bonds. The lowest BCUT2D eigenvalue weighted by Gasteiger charge is -2.00. The Morgan fingerprint density at radius 2 is 1.95 bits per heavy atom. The molecule has 19 heavy (non-hydrogen) atoms. The van der Waals surface area contributed by atoms with Gasteiger partial charge in [-0.25, -0.2) is 4.98 Å². The topological polar surface area (TPSA) is 44.3 Å². The molecule has 3 rings (SSSR count). The molecule has 1 radical (unpaired) electrons. The number of hydrogen-bond donors (Lipinski definition) is 0. The molecular weight excluding hydrogens is 236 g/mol. The van der Waals surface area contributed by atoms with E-state index in [-0.39, 0.29) is 0 Å². The van der Waals surface area contributed by atoms with Crippen molar-refractivity contribution in [2.24, 2.45) is 5.10 Å². The zero-order chi connectivity index (χ0) is 13.2. The highest BCUT2D eigenvalue weighted by Crippen LogP contribution is 2.28. The van der Waals surface area contributed by atoms with Gasteiger partial charge in [-0.2, -0.15) is 9.99 Å². The van der Waals surface area contributed by atoms with E-state index in [0.717, 1.165) is 42.0 Å². The van der Waals surface area contributed by atoms with Crippen LogP contribution in [0.3, 0.4) is 0 Å². The fourth-order valence-corrected chi connectivity index (χ4v) is 2.23. The molecule has 0 atom stereocenters. The second-order valence-corrected chi connectivity index (χ2v) is 4.76. The number of benzene rings is 1. The van der Waals surface area contributed by atoms with Gasteiger partial charge in [0.25, 0.3) is 5.95 Å². The van der Waals surface area contributed by atoms with E-state index in [1.165, 1.54) is 0 Å². The third-order valence-corrected chi connectivity index (χ3v) is 3.31. The average Bonchev–Trinajstić information content (AvgIpc) is 2.97. The molecule has 0 saturated carbocycles. The fraction of sp³-hybridized carbons (Fsp3) is 0.333. The molecule has 0 aliphatic carbocycles. The van der Waals surface area contributed by atoms with Crippen LogP contribution in [0.25, 0.3) is 11.3 Å². The molecule has 0 spiro atoms. The number of fused-ring (bicyclic) bond motifs is 1. The molecule has 1 aliphatic rings. The van der Waals surface area contributed by atoms with Gasteiger partial charge in [0, 0.05) is 12.0 Å². The molecule has 1 aromatic carbocycles. The maximum Gasteiger partial charge on any atom is 0.253 e. The molecule has 0 bridgehead atoms. The van der Waals surface area contributed by atoms with Gasteiger partial charge in [0.15, 0.2) is 5.84 Å². The third-order valence-electron chi connectivity index (χ3n) is 3.31. The number of unbranched alkanes of at least 4 members (excludes halogenated alkanes) is 1. The first kappa shape index (κ1) is 12.0. The highest BCUT2D eigenvalue weighted by atomic mass is 15.5. The number of hydrogen-bond acceptors (Lipinski definition) is 2. The van der Waals surface area contributed by atoms with Crippen LogP contribution < -0.4 is 5.32 Å². The van der Waals surface area contributed by atoms with Crippen LogP contribution in [0.1, 0.15) is 31.9 Å². The summed E-state index contributed by atoms with van der Waals surface area (Å²) in [5, 5.41) is 9.04. The molecule has 4 nitrogen and oxygen atoms in total. The Kier molecular flexibility index (Phi) is 3.07. The summed E-state index contributed by atoms with van der Waals surface area (Å²) in [6.07, 6.45) is 3.21. The SMILES string of the molecule is CCCCC1=Nn2c(nc(-c3ccccc3)c2C)[N]1. The van der Waals surface area contributed by atoms with Gasteiger partial charge in [-0.1, -0.05) is 43.7 Å². The lowest BCUT2D eigenvalue weighted by Crippen LogP contribution is -2.06. The van der Waals surface area contributed by atoms with Gasteiger partial charge in [-0.05, 0) is 13.3 Å². The van der Waals surface area contributed by atoms with Gasteiger partial charge in [-0.15, -0.1) is 5.10 Å². The standard InChI is InChI=1S/C15H17N4/c1-3-4-10-13-16-15-17-14(11(2)19(15)18-13)12-8-6-5-7-9-12/h5-9H,3-4,10H2,1-2H3. The average molecular weight is 253 g/mol. The Morgan fingerprint density at radius 1 is 1.16 bits per heavy atom. The minimum atomic E-state index is 0.711. The Hall–Kier alpha value is -2.10. The molecule has 2 aromatic rings. The van der Waals surface area contributed by atoms with Crippen LogP contribution in [0.15, 0.2) is 35.4 Å². The Bertz CT molecular complexity index is 611. The second-order valence-electron chi connectivity index (χ2n) is 4.76. The van der Waals surface area contributed by atoms with E-state index in [4.69, 9.17) is 0 Å². The first-order chi connectivity index (χ1) is 9.29. The monoisotopic (exact) mass is 253 g/mol. The number of rotatable bonds is 4. The van der Waals surface area contributed by atoms with Crippen molar-refractivity contribution in [3.05, 3.63) is 36.0 Å². The Morgan fingerprint density at radius 3 is 2.63 bits per heavy atom. The molecule has 2 heterocycles. The predicted octanol–water partition coefficient (Wildman–Crippen LogP) is 3.46. The summed E-state index contributed by atoms with van der Waals surface area (Å²) < 4.78 is 1.85. The molecule has 97 valence electrons. The molecule has 1 aliphatic heterocycles. The number of amidine groups is 1. The molecule has 1 aromatic heterocycles. The molecular formula is C15H17N4. The summed E-state index contributed by atoms with van der Waals surface area (Å²) in [6, 6.07) is 10.2. The largest absolute Gasteiger partial charge is 0.253 e. The maximum atomic E-state index is 4.60. The summed E-state index contributed by atoms with van der Waals surface area (Å²) in [4.78, 5) is 4.60. The van der Waals surface area contributed by atoms with Crippen LogP contribution >= 0.6 is 0 Å². The second kappa shape index (κ2) is 4.88. The van der Waals surface area contributed by atoms with Crippen molar-refractivity contribution in [3.8, 4) is 11.3 Å². The summed E-state index contributed by atoms with van der Waals surface area (Å²) in [7, 11) is 0. The van der Waals surface area contributed by atoms with Crippen molar-refractivity contribution in [3.63, 3.8) is 0 Å². The zero-order valence-electron chi connectivity index (χ0n) is 11.3. The Balaban J connectivity index is 1.91. The summed E-state index contributed by atoms with van der Waals surface area (Å²) in [5.74, 6) is 1.61. The van der Waals surface area contributed by atoms with Crippen LogP contribution in [0.2, 0.25) is 0 Å². The predicted molar refractivity (Wildman–Crippen MR) is 76.6 cm³/mol. The lowest BCUT2D eigenvalue weighted by molar-refractivity contribution is 0.819. The molecule has 0 saturated heterocycles. The van der Waals surface area contributed by atoms with E-state index in [0.29, 0.717) is 5.95 Å². The third kappa shape index (κ3) is 2.14. The zero-order valence-corrected chi connectivity index (χ0v) is 11.3. The van der Waals surface area contributed by atoms with Crippen LogP contribution in [0.4, 0.5) is 5.95 Å². The van der Waals surface area contributed by atoms with E-state index in [1.54, 1.807) is 0 Å². The van der Waals surface area contributed by atoms with Gasteiger partial charge < -0.3 is 0 Å². The van der Waals surface area contributed by atoms with Crippen molar-refractivity contribution < 1.29 is 0 Å². The lowest BCUT2D eigenvalue weighted by atomic mass is 10.1. The number of aromatic nitrogens is 2. The van der Waals surface area contributed by atoms with Crippen LogP contribution in [-0.2, 0) is 0 Å². The smallest absolute Gasteiger partial charge is 0.209 e. The minimum absolute atomic E-state index is 0.711. The van der Waals surface area contributed by atoms with Gasteiger partial charge in [0.05, 0.1) is 11.4 Å². The van der Waals surface area contributed by atoms with Crippen LogP contribution in [0, 0.1) is 6.92 Å². The van der Waals surface area contributed by atoms with Crippen molar-refractivity contribution in [2.75, 3.05) is 0 Å². The van der Waals surface area contributed by atoms with E-state index in [2.05, 4.69) is 34.5 Å². The first-order valence-corrected chi connectivity index (χ1v) is 6.74. The summed E-state index contributed by atoms with van der Waals surface area (Å²) in [6.45, 7) is 4.22. The van der Waals surface area contributed by atoms with Crippen molar-refractivity contribution >= 4 is 11.8 Å². The van der Waals surface area contributed by atoms with E-state index in [1.807, 2.05) is 29.8 Å². The van der Waals surface area contributed by atoms with Gasteiger partial charge in [0.1, 0.15) is 0 Å². The normalized spacial score (nSPS) is 13.1. The first-order valence-electron chi connectivity index (χ1n) is 6.74. The molecule has 4 heteroatoms. The van der Waals surface area contributed by atoms with Gasteiger partial charge in [0.2, 0.25) is 0 Å². The van der Waals surface area contributed by atoms with E-state index in [9.17, 15) is 0 Å². The van der Waals surface area contributed by atoms with Crippen molar-refractivity contribution in [1.29, 1.82) is 0 Å². The van der Waals surface area contributed by atoms with Gasteiger partial charge >= 0.3 is 0 Å². The van der Waals surface area contributed by atoms with Gasteiger partial charge in [-0.3, -0.25) is 0 Å². The minimum Gasteiger partial charge on any atom is -0.209 e. The number of nitrogens with zero attached hydrogens (tertiary/aromatic N) is 4. The van der Waals surface area contributed by atoms with E-state index >= 15 is 0 Å². The summed E-state index contributed by atoms with van der Waals surface area (Å²) in [5.41, 5.74) is 3.14. The molecule has 0 N–H and O–H groups in total. The highest BCUT2D eigenvalue weighted by Gasteiger charge is 2.22. The quantitative estimate of drug-likeness (QED) is 0.823.